The second kappa shape index (κ2) is 7.91. The minimum Gasteiger partial charge on any atom is -0.477 e. The van der Waals surface area contributed by atoms with E-state index >= 15 is 4.39 Å². The molecule has 0 amide bonds. The first-order valence-electron chi connectivity index (χ1n) is 10.8. The van der Waals surface area contributed by atoms with Crippen LogP contribution in [0.4, 0.5) is 10.1 Å². The summed E-state index contributed by atoms with van der Waals surface area (Å²) in [7, 11) is 0. The van der Waals surface area contributed by atoms with Gasteiger partial charge >= 0.3 is 5.97 Å². The van der Waals surface area contributed by atoms with Crippen molar-refractivity contribution in [1.29, 1.82) is 0 Å². The van der Waals surface area contributed by atoms with Crippen molar-refractivity contribution in [2.24, 2.45) is 17.8 Å². The van der Waals surface area contributed by atoms with Crippen LogP contribution in [0.2, 0.25) is 0 Å². The Labute approximate surface area is 179 Å². The van der Waals surface area contributed by atoms with Crippen LogP contribution in [0.3, 0.4) is 0 Å². The van der Waals surface area contributed by atoms with E-state index in [1.54, 1.807) is 6.92 Å². The SMILES string of the molecule is Cc1c(N2CC(C)C(C(O)CO)C(C)C2)c(F)cc2c(=O)c(C(=O)O)cn(C3CC3)c12. The summed E-state index contributed by atoms with van der Waals surface area (Å²) in [5.41, 5.74) is 0.620. The Morgan fingerprint density at radius 2 is 1.87 bits per heavy atom. The predicted molar refractivity (Wildman–Crippen MR) is 115 cm³/mol. The highest BCUT2D eigenvalue weighted by Gasteiger charge is 2.38. The zero-order chi connectivity index (χ0) is 22.6. The van der Waals surface area contributed by atoms with Crippen LogP contribution < -0.4 is 10.3 Å². The smallest absolute Gasteiger partial charge is 0.341 e. The minimum atomic E-state index is -1.31. The molecule has 1 aliphatic carbocycles. The van der Waals surface area contributed by atoms with Crippen LogP contribution in [0.15, 0.2) is 17.1 Å². The topological polar surface area (TPSA) is 103 Å². The molecule has 1 aromatic heterocycles. The van der Waals surface area contributed by atoms with Gasteiger partial charge in [-0.2, -0.15) is 0 Å². The summed E-state index contributed by atoms with van der Waals surface area (Å²) < 4.78 is 17.2. The number of carbonyl (C=O) groups is 1. The van der Waals surface area contributed by atoms with Crippen molar-refractivity contribution in [3.05, 3.63) is 39.4 Å². The number of aromatic carboxylic acids is 1. The Morgan fingerprint density at radius 1 is 1.26 bits per heavy atom. The van der Waals surface area contributed by atoms with Gasteiger partial charge in [-0.25, -0.2) is 9.18 Å². The van der Waals surface area contributed by atoms with Gasteiger partial charge in [0.05, 0.1) is 23.9 Å². The average Bonchev–Trinajstić information content (AvgIpc) is 3.53. The third kappa shape index (κ3) is 3.61. The number of piperidine rings is 1. The van der Waals surface area contributed by atoms with Crippen LogP contribution in [-0.2, 0) is 0 Å². The molecule has 0 radical (unpaired) electrons. The lowest BCUT2D eigenvalue weighted by atomic mass is 9.76. The molecule has 1 aromatic carbocycles. The van der Waals surface area contributed by atoms with Crippen molar-refractivity contribution in [3.8, 4) is 0 Å². The molecular formula is C23H29FN2O5. The fraction of sp³-hybridized carbons (Fsp3) is 0.565. The van der Waals surface area contributed by atoms with Gasteiger partial charge in [-0.05, 0) is 49.1 Å². The highest BCUT2D eigenvalue weighted by Crippen LogP contribution is 2.41. The van der Waals surface area contributed by atoms with E-state index in [0.717, 1.165) is 12.8 Å². The van der Waals surface area contributed by atoms with Crippen LogP contribution in [0.5, 0.6) is 0 Å². The summed E-state index contributed by atoms with van der Waals surface area (Å²) in [6.07, 6.45) is 2.36. The number of fused-ring (bicyclic) bond motifs is 1. The molecule has 168 valence electrons. The number of aromatic nitrogens is 1. The highest BCUT2D eigenvalue weighted by molar-refractivity contribution is 5.95. The van der Waals surface area contributed by atoms with Gasteiger partial charge < -0.3 is 24.8 Å². The number of aryl methyl sites for hydroxylation is 1. The summed E-state index contributed by atoms with van der Waals surface area (Å²) in [6.45, 7) is 6.47. The van der Waals surface area contributed by atoms with E-state index in [1.165, 1.54) is 12.3 Å². The standard InChI is InChI=1S/C23H29FN2O5/c1-11-7-25(8-12(2)19(11)18(28)10-27)21-13(3)20-15(6-17(21)24)22(29)16(23(30)31)9-26(20)14-4-5-14/h6,9,11-12,14,18-19,27-28H,4-5,7-8,10H2,1-3H3,(H,30,31). The summed E-state index contributed by atoms with van der Waals surface area (Å²) in [5, 5.41) is 29.1. The lowest BCUT2D eigenvalue weighted by Crippen LogP contribution is -2.49. The molecule has 1 saturated carbocycles. The van der Waals surface area contributed by atoms with Gasteiger partial charge in [0.25, 0.3) is 0 Å². The molecule has 2 fully saturated rings. The first-order chi connectivity index (χ1) is 14.6. The Kier molecular flexibility index (Phi) is 5.55. The van der Waals surface area contributed by atoms with Gasteiger partial charge in [-0.1, -0.05) is 13.8 Å². The quantitative estimate of drug-likeness (QED) is 0.671. The second-order valence-corrected chi connectivity index (χ2v) is 9.23. The molecule has 0 spiro atoms. The lowest BCUT2D eigenvalue weighted by Gasteiger charge is -2.44. The molecule has 8 heteroatoms. The maximum absolute atomic E-state index is 15.4. The number of aliphatic hydroxyl groups excluding tert-OH is 2. The molecule has 2 aromatic rings. The molecule has 1 saturated heterocycles. The normalized spacial score (nSPS) is 25.1. The van der Waals surface area contributed by atoms with Crippen LogP contribution >= 0.6 is 0 Å². The Morgan fingerprint density at radius 3 is 2.39 bits per heavy atom. The molecule has 31 heavy (non-hydrogen) atoms. The van der Waals surface area contributed by atoms with Gasteiger partial charge in [0.1, 0.15) is 11.4 Å². The van der Waals surface area contributed by atoms with Gasteiger partial charge in [0.15, 0.2) is 0 Å². The van der Waals surface area contributed by atoms with Gasteiger partial charge in [-0.15, -0.1) is 0 Å². The number of anilines is 1. The number of rotatable bonds is 5. The van der Waals surface area contributed by atoms with Crippen molar-refractivity contribution in [3.63, 3.8) is 0 Å². The van der Waals surface area contributed by atoms with Crippen molar-refractivity contribution >= 4 is 22.6 Å². The molecule has 3 N–H and O–H groups in total. The van der Waals surface area contributed by atoms with Crippen molar-refractivity contribution in [2.75, 3.05) is 24.6 Å². The number of nitrogens with zero attached hydrogens (tertiary/aromatic N) is 2. The lowest BCUT2D eigenvalue weighted by molar-refractivity contribution is -0.00367. The molecular weight excluding hydrogens is 403 g/mol. The number of benzene rings is 1. The maximum Gasteiger partial charge on any atom is 0.341 e. The molecule has 4 rings (SSSR count). The predicted octanol–water partition coefficient (Wildman–Crippen LogP) is 2.54. The zero-order valence-electron chi connectivity index (χ0n) is 18.0. The molecule has 2 heterocycles. The first kappa shape index (κ1) is 21.8. The Hall–Kier alpha value is -2.45. The molecule has 2 aliphatic rings. The monoisotopic (exact) mass is 432 g/mol. The van der Waals surface area contributed by atoms with E-state index in [2.05, 4.69) is 0 Å². The van der Waals surface area contributed by atoms with Crippen LogP contribution in [0, 0.1) is 30.5 Å². The number of pyridine rings is 1. The van der Waals surface area contributed by atoms with E-state index in [0.29, 0.717) is 29.9 Å². The summed E-state index contributed by atoms with van der Waals surface area (Å²) in [5.74, 6) is -1.89. The van der Waals surface area contributed by atoms with E-state index < -0.39 is 23.3 Å². The third-order valence-electron chi connectivity index (χ3n) is 6.93. The van der Waals surface area contributed by atoms with E-state index in [9.17, 15) is 24.9 Å². The minimum absolute atomic E-state index is 0.0282. The maximum atomic E-state index is 15.4. The van der Waals surface area contributed by atoms with E-state index in [-0.39, 0.29) is 41.4 Å². The van der Waals surface area contributed by atoms with Crippen molar-refractivity contribution in [1.82, 2.24) is 4.57 Å². The van der Waals surface area contributed by atoms with Gasteiger partial charge in [-0.3, -0.25) is 4.79 Å². The molecule has 0 bridgehead atoms. The van der Waals surface area contributed by atoms with Gasteiger partial charge in [0, 0.05) is 30.7 Å². The molecule has 3 atom stereocenters. The largest absolute Gasteiger partial charge is 0.477 e. The number of halogens is 1. The summed E-state index contributed by atoms with van der Waals surface area (Å²) in [6, 6.07) is 1.29. The number of hydrogen-bond donors (Lipinski definition) is 3. The second-order valence-electron chi connectivity index (χ2n) is 9.23. The van der Waals surface area contributed by atoms with E-state index in [1.807, 2.05) is 23.3 Å². The van der Waals surface area contributed by atoms with Crippen LogP contribution in [0.25, 0.3) is 10.9 Å². The first-order valence-corrected chi connectivity index (χ1v) is 10.8. The fourth-order valence-corrected chi connectivity index (χ4v) is 5.49. The van der Waals surface area contributed by atoms with E-state index in [4.69, 9.17) is 0 Å². The van der Waals surface area contributed by atoms with Gasteiger partial charge in [0.2, 0.25) is 5.43 Å². The average molecular weight is 432 g/mol. The number of carboxylic acids is 1. The highest BCUT2D eigenvalue weighted by atomic mass is 19.1. The Balaban J connectivity index is 1.85. The fourth-order valence-electron chi connectivity index (χ4n) is 5.49. The number of carboxylic acid groups (broad SMARTS) is 1. The zero-order valence-corrected chi connectivity index (χ0v) is 18.0. The Bertz CT molecular complexity index is 1080. The third-order valence-corrected chi connectivity index (χ3v) is 6.93. The van der Waals surface area contributed by atoms with Crippen LogP contribution in [-0.4, -0.2) is 51.7 Å². The van der Waals surface area contributed by atoms with Crippen LogP contribution in [0.1, 0.15) is 48.7 Å². The summed E-state index contributed by atoms with van der Waals surface area (Å²) in [4.78, 5) is 26.3. The molecule has 7 nitrogen and oxygen atoms in total. The summed E-state index contributed by atoms with van der Waals surface area (Å²) >= 11 is 0. The molecule has 3 unspecified atom stereocenters. The number of hydrogen-bond acceptors (Lipinski definition) is 5. The van der Waals surface area contributed by atoms with Crippen molar-refractivity contribution < 1.29 is 24.5 Å². The van der Waals surface area contributed by atoms with Crippen molar-refractivity contribution in [2.45, 2.75) is 45.8 Å². The number of aliphatic hydroxyl groups is 2. The molecule has 1 aliphatic heterocycles.